The van der Waals surface area contributed by atoms with Crippen molar-refractivity contribution in [3.8, 4) is 5.75 Å². The van der Waals surface area contributed by atoms with E-state index in [2.05, 4.69) is 10.6 Å². The van der Waals surface area contributed by atoms with E-state index in [1.807, 2.05) is 0 Å². The van der Waals surface area contributed by atoms with Crippen LogP contribution >= 0.6 is 0 Å². The van der Waals surface area contributed by atoms with Gasteiger partial charge >= 0.3 is 11.9 Å². The zero-order valence-electron chi connectivity index (χ0n) is 21.2. The van der Waals surface area contributed by atoms with E-state index in [9.17, 15) is 34.2 Å². The number of aromatic hydroxyl groups is 1. The minimum atomic E-state index is -1.29. The number of carbonyl (C=O) groups is 5. The summed E-state index contributed by atoms with van der Waals surface area (Å²) in [6.45, 7) is 0.642. The lowest BCUT2D eigenvalue weighted by Crippen LogP contribution is -2.57. The van der Waals surface area contributed by atoms with E-state index in [1.54, 1.807) is 12.1 Å². The van der Waals surface area contributed by atoms with E-state index in [-0.39, 0.29) is 31.6 Å². The number of amides is 3. The second kappa shape index (κ2) is 14.9. The van der Waals surface area contributed by atoms with Crippen molar-refractivity contribution in [2.75, 3.05) is 13.1 Å². The van der Waals surface area contributed by atoms with Gasteiger partial charge in [-0.1, -0.05) is 18.6 Å². The summed E-state index contributed by atoms with van der Waals surface area (Å²) in [6.07, 6.45) is 1.66. The topological polar surface area (TPSA) is 225 Å². The molecule has 4 unspecified atom stereocenters. The molecule has 1 saturated heterocycles. The molecule has 0 aromatic heterocycles. The van der Waals surface area contributed by atoms with Gasteiger partial charge in [-0.05, 0) is 56.3 Å². The lowest BCUT2D eigenvalue weighted by atomic mass is 10.0. The van der Waals surface area contributed by atoms with E-state index < -0.39 is 60.2 Å². The first-order valence-electron chi connectivity index (χ1n) is 12.6. The molecule has 3 amide bonds. The molecule has 1 aromatic rings. The molecule has 4 atom stereocenters. The molecule has 13 heteroatoms. The molecule has 9 N–H and O–H groups in total. The maximum Gasteiger partial charge on any atom is 0.326 e. The van der Waals surface area contributed by atoms with E-state index in [0.29, 0.717) is 37.8 Å². The molecule has 0 radical (unpaired) electrons. The Morgan fingerprint density at radius 1 is 0.974 bits per heavy atom. The summed E-state index contributed by atoms with van der Waals surface area (Å²) in [5.41, 5.74) is 12.0. The lowest BCUT2D eigenvalue weighted by molar-refractivity contribution is -0.149. The Morgan fingerprint density at radius 2 is 1.63 bits per heavy atom. The number of likely N-dealkylation sites (tertiary alicyclic amines) is 1. The third kappa shape index (κ3) is 9.30. The zero-order chi connectivity index (χ0) is 28.2. The SMILES string of the molecule is NCCCCC(N)C(=O)NC(CCC(=O)O)C(=O)NC(Cc1ccc(O)cc1)C(=O)N1CCCC1C(=O)O. The molecular formula is C25H37N5O8. The van der Waals surface area contributed by atoms with Gasteiger partial charge in [0.2, 0.25) is 17.7 Å². The predicted octanol–water partition coefficient (Wildman–Crippen LogP) is -0.699. The molecule has 1 aromatic carbocycles. The van der Waals surface area contributed by atoms with Crippen molar-refractivity contribution in [2.24, 2.45) is 11.5 Å². The molecule has 0 bridgehead atoms. The number of nitrogens with one attached hydrogen (secondary N) is 2. The first kappa shape index (κ1) is 30.5. The fraction of sp³-hybridized carbons (Fsp3) is 0.560. The number of benzene rings is 1. The first-order valence-corrected chi connectivity index (χ1v) is 12.6. The van der Waals surface area contributed by atoms with Crippen LogP contribution in [0.1, 0.15) is 50.5 Å². The molecule has 1 fully saturated rings. The summed E-state index contributed by atoms with van der Waals surface area (Å²) in [5.74, 6) is -4.37. The van der Waals surface area contributed by atoms with Crippen LogP contribution in [-0.4, -0.2) is 87.1 Å². The van der Waals surface area contributed by atoms with E-state index in [0.717, 1.165) is 0 Å². The van der Waals surface area contributed by atoms with Gasteiger partial charge in [-0.2, -0.15) is 0 Å². The quantitative estimate of drug-likeness (QED) is 0.140. The van der Waals surface area contributed by atoms with Crippen LogP contribution in [-0.2, 0) is 30.4 Å². The van der Waals surface area contributed by atoms with Crippen LogP contribution in [0.2, 0.25) is 0 Å². The van der Waals surface area contributed by atoms with Crippen LogP contribution < -0.4 is 22.1 Å². The Bertz CT molecular complexity index is 986. The molecule has 0 spiro atoms. The van der Waals surface area contributed by atoms with Gasteiger partial charge in [-0.3, -0.25) is 19.2 Å². The summed E-state index contributed by atoms with van der Waals surface area (Å²) >= 11 is 0. The number of hydrogen-bond donors (Lipinski definition) is 7. The number of nitrogens with zero attached hydrogens (tertiary/aromatic N) is 1. The largest absolute Gasteiger partial charge is 0.508 e. The van der Waals surface area contributed by atoms with Gasteiger partial charge in [0.1, 0.15) is 23.9 Å². The highest BCUT2D eigenvalue weighted by Crippen LogP contribution is 2.20. The van der Waals surface area contributed by atoms with Crippen molar-refractivity contribution in [3.05, 3.63) is 29.8 Å². The third-order valence-electron chi connectivity index (χ3n) is 6.40. The van der Waals surface area contributed by atoms with Crippen molar-refractivity contribution in [2.45, 2.75) is 75.5 Å². The van der Waals surface area contributed by atoms with Gasteiger partial charge in [0.05, 0.1) is 6.04 Å². The average molecular weight is 536 g/mol. The minimum absolute atomic E-state index is 0.00500. The van der Waals surface area contributed by atoms with E-state index in [1.165, 1.54) is 17.0 Å². The first-order chi connectivity index (χ1) is 18.0. The Labute approximate surface area is 220 Å². The van der Waals surface area contributed by atoms with Crippen molar-refractivity contribution in [1.29, 1.82) is 0 Å². The average Bonchev–Trinajstić information content (AvgIpc) is 3.37. The fourth-order valence-corrected chi connectivity index (χ4v) is 4.28. The van der Waals surface area contributed by atoms with Crippen LogP contribution in [0.4, 0.5) is 0 Å². The smallest absolute Gasteiger partial charge is 0.326 e. The molecule has 0 aliphatic carbocycles. The maximum absolute atomic E-state index is 13.4. The lowest BCUT2D eigenvalue weighted by Gasteiger charge is -2.29. The molecule has 0 saturated carbocycles. The number of aliphatic carboxylic acids is 2. The monoisotopic (exact) mass is 535 g/mol. The van der Waals surface area contributed by atoms with Crippen molar-refractivity contribution in [3.63, 3.8) is 0 Å². The third-order valence-corrected chi connectivity index (χ3v) is 6.40. The summed E-state index contributed by atoms with van der Waals surface area (Å²) in [6, 6.07) is 1.49. The second-order valence-corrected chi connectivity index (χ2v) is 9.34. The highest BCUT2D eigenvalue weighted by Gasteiger charge is 2.38. The Morgan fingerprint density at radius 3 is 2.24 bits per heavy atom. The summed E-state index contributed by atoms with van der Waals surface area (Å²) < 4.78 is 0. The molecule has 1 aliphatic rings. The highest BCUT2D eigenvalue weighted by atomic mass is 16.4. The molecule has 2 rings (SSSR count). The molecule has 38 heavy (non-hydrogen) atoms. The second-order valence-electron chi connectivity index (χ2n) is 9.34. The van der Waals surface area contributed by atoms with Crippen LogP contribution in [0.3, 0.4) is 0 Å². The number of carbonyl (C=O) groups excluding carboxylic acids is 3. The molecular weight excluding hydrogens is 498 g/mol. The number of carboxylic acid groups (broad SMARTS) is 2. The molecule has 13 nitrogen and oxygen atoms in total. The zero-order valence-corrected chi connectivity index (χ0v) is 21.2. The normalized spacial score (nSPS) is 17.3. The van der Waals surface area contributed by atoms with E-state index in [4.69, 9.17) is 16.6 Å². The van der Waals surface area contributed by atoms with Crippen LogP contribution in [0.5, 0.6) is 5.75 Å². The number of carboxylic acids is 2. The van der Waals surface area contributed by atoms with Gasteiger partial charge in [0.25, 0.3) is 0 Å². The van der Waals surface area contributed by atoms with Gasteiger partial charge in [-0.25, -0.2) is 4.79 Å². The summed E-state index contributed by atoms with van der Waals surface area (Å²) in [7, 11) is 0. The number of unbranched alkanes of at least 4 members (excludes halogenated alkanes) is 1. The van der Waals surface area contributed by atoms with Crippen molar-refractivity contribution < 1.29 is 39.3 Å². The van der Waals surface area contributed by atoms with Gasteiger partial charge in [-0.15, -0.1) is 0 Å². The van der Waals surface area contributed by atoms with Gasteiger partial charge in [0, 0.05) is 19.4 Å². The maximum atomic E-state index is 13.4. The standard InChI is InChI=1S/C25H37N5O8/c26-12-2-1-4-17(27)22(34)28-18(10-11-21(32)33)23(35)29-19(14-15-6-8-16(31)9-7-15)24(36)30-13-3-5-20(30)25(37)38/h6-9,17-20,31H,1-5,10-14,26-27H2,(H,28,34)(H,29,35)(H,32,33)(H,37,38). The molecule has 1 heterocycles. The Kier molecular flexibility index (Phi) is 12.0. The molecule has 210 valence electrons. The molecule has 1 aliphatic heterocycles. The Balaban J connectivity index is 2.24. The van der Waals surface area contributed by atoms with Crippen molar-refractivity contribution in [1.82, 2.24) is 15.5 Å². The van der Waals surface area contributed by atoms with Crippen LogP contribution in [0.15, 0.2) is 24.3 Å². The number of nitrogens with two attached hydrogens (primary N) is 2. The van der Waals surface area contributed by atoms with Crippen LogP contribution in [0, 0.1) is 0 Å². The number of phenols is 1. The van der Waals surface area contributed by atoms with Gasteiger partial charge < -0.3 is 42.3 Å². The number of rotatable bonds is 15. The summed E-state index contributed by atoms with van der Waals surface area (Å²) in [5, 5.41) is 33.3. The minimum Gasteiger partial charge on any atom is -0.508 e. The fourth-order valence-electron chi connectivity index (χ4n) is 4.28. The predicted molar refractivity (Wildman–Crippen MR) is 136 cm³/mol. The highest BCUT2D eigenvalue weighted by molar-refractivity contribution is 5.94. The van der Waals surface area contributed by atoms with Crippen molar-refractivity contribution >= 4 is 29.7 Å². The Hall–Kier alpha value is -3.71. The van der Waals surface area contributed by atoms with E-state index >= 15 is 0 Å². The summed E-state index contributed by atoms with van der Waals surface area (Å²) in [4.78, 5) is 63.3. The number of hydrogen-bond acceptors (Lipinski definition) is 8. The van der Waals surface area contributed by atoms with Gasteiger partial charge in [0.15, 0.2) is 0 Å². The van der Waals surface area contributed by atoms with Crippen LogP contribution in [0.25, 0.3) is 0 Å². The number of phenolic OH excluding ortho intramolecular Hbond substituents is 1.